The molecule has 2 rings (SSSR count). The molecule has 0 aromatic rings. The number of fused-ring (bicyclic) bond motifs is 1. The zero-order valence-corrected chi connectivity index (χ0v) is 11.5. The number of hydrogen-bond donors (Lipinski definition) is 1. The number of aldehydes is 1. The first-order valence-electron chi connectivity index (χ1n) is 6.90. The number of esters is 1. The van der Waals surface area contributed by atoms with Crippen molar-refractivity contribution < 1.29 is 19.4 Å². The van der Waals surface area contributed by atoms with Crippen LogP contribution in [0.4, 0.5) is 0 Å². The van der Waals surface area contributed by atoms with Gasteiger partial charge >= 0.3 is 5.97 Å². The van der Waals surface area contributed by atoms with Crippen molar-refractivity contribution in [3.63, 3.8) is 0 Å². The van der Waals surface area contributed by atoms with Gasteiger partial charge in [-0.25, -0.2) is 4.79 Å². The molecule has 4 nitrogen and oxygen atoms in total. The molecule has 1 N–H and O–H groups in total. The van der Waals surface area contributed by atoms with Crippen LogP contribution in [0.25, 0.3) is 0 Å². The molecule has 0 aromatic carbocycles. The maximum Gasteiger partial charge on any atom is 0.330 e. The minimum atomic E-state index is -0.384. The molecule has 0 spiro atoms. The maximum absolute atomic E-state index is 11.2. The van der Waals surface area contributed by atoms with E-state index in [0.29, 0.717) is 11.8 Å². The van der Waals surface area contributed by atoms with Gasteiger partial charge in [0, 0.05) is 12.0 Å². The average molecular weight is 276 g/mol. The van der Waals surface area contributed by atoms with E-state index < -0.39 is 0 Å². The monoisotopic (exact) mass is 276 g/mol. The Bertz CT molecular complexity index is 449. The van der Waals surface area contributed by atoms with Gasteiger partial charge in [-0.05, 0) is 36.7 Å². The van der Waals surface area contributed by atoms with Crippen LogP contribution < -0.4 is 0 Å². The van der Waals surface area contributed by atoms with Crippen molar-refractivity contribution in [1.29, 1.82) is 0 Å². The molecular weight excluding hydrogens is 256 g/mol. The van der Waals surface area contributed by atoms with Gasteiger partial charge in [-0.3, -0.25) is 4.79 Å². The molecule has 0 amide bonds. The highest BCUT2D eigenvalue weighted by Crippen LogP contribution is 2.45. The molecule has 5 atom stereocenters. The normalized spacial score (nSPS) is 36.4. The predicted molar refractivity (Wildman–Crippen MR) is 74.7 cm³/mol. The standard InChI is InChI=1S/C16H20O4/c1-20-16(19)7-6-11-4-5-12-9-13(18)10-15(12)14(11)3-2-8-17/h2-8,11-15,18H,9-10H2,1H3/b3-2+,7-6+/t11-,12+,13+,14+,15+/m0/s1. The zero-order chi connectivity index (χ0) is 14.5. The Morgan fingerprint density at radius 1 is 1.30 bits per heavy atom. The first-order chi connectivity index (χ1) is 9.65. The summed E-state index contributed by atoms with van der Waals surface area (Å²) in [5.41, 5.74) is 0. The van der Waals surface area contributed by atoms with Crippen LogP contribution in [0.3, 0.4) is 0 Å². The van der Waals surface area contributed by atoms with Gasteiger partial charge in [0.15, 0.2) is 0 Å². The second kappa shape index (κ2) is 6.66. The fourth-order valence-electron chi connectivity index (χ4n) is 3.32. The van der Waals surface area contributed by atoms with Crippen LogP contribution in [0.15, 0.2) is 36.5 Å². The molecule has 4 heteroatoms. The van der Waals surface area contributed by atoms with Gasteiger partial charge in [0.1, 0.15) is 6.29 Å². The van der Waals surface area contributed by atoms with Crippen molar-refractivity contribution in [2.24, 2.45) is 23.7 Å². The quantitative estimate of drug-likeness (QED) is 0.367. The van der Waals surface area contributed by atoms with Gasteiger partial charge in [0.05, 0.1) is 13.2 Å². The fraction of sp³-hybridized carbons (Fsp3) is 0.500. The Kier molecular flexibility index (Phi) is 4.90. The number of carbonyl (C=O) groups excluding carboxylic acids is 2. The van der Waals surface area contributed by atoms with E-state index in [-0.39, 0.29) is 23.9 Å². The van der Waals surface area contributed by atoms with E-state index in [9.17, 15) is 14.7 Å². The SMILES string of the molecule is COC(=O)/C=C/[C@@H]1C=C[C@@H]2C[C@@H](O)C[C@H]2[C@@H]1/C=C/C=O. The number of carbonyl (C=O) groups is 2. The van der Waals surface area contributed by atoms with Gasteiger partial charge in [0.2, 0.25) is 0 Å². The van der Waals surface area contributed by atoms with Gasteiger partial charge < -0.3 is 9.84 Å². The van der Waals surface area contributed by atoms with Crippen LogP contribution >= 0.6 is 0 Å². The summed E-state index contributed by atoms with van der Waals surface area (Å²) >= 11 is 0. The summed E-state index contributed by atoms with van der Waals surface area (Å²) in [6.07, 6.45) is 12.8. The number of ether oxygens (including phenoxy) is 1. The van der Waals surface area contributed by atoms with Gasteiger partial charge in [-0.2, -0.15) is 0 Å². The first kappa shape index (κ1) is 14.7. The Balaban J connectivity index is 2.19. The number of rotatable bonds is 4. The molecule has 1 saturated carbocycles. The van der Waals surface area contributed by atoms with Crippen molar-refractivity contribution in [3.05, 3.63) is 36.5 Å². The van der Waals surface area contributed by atoms with Crippen molar-refractivity contribution in [2.75, 3.05) is 7.11 Å². The summed E-state index contributed by atoms with van der Waals surface area (Å²) in [7, 11) is 1.34. The van der Waals surface area contributed by atoms with Gasteiger partial charge in [-0.1, -0.05) is 24.3 Å². The third-order valence-corrected chi connectivity index (χ3v) is 4.23. The maximum atomic E-state index is 11.2. The van der Waals surface area contributed by atoms with Crippen LogP contribution in [0, 0.1) is 23.7 Å². The van der Waals surface area contributed by atoms with E-state index >= 15 is 0 Å². The van der Waals surface area contributed by atoms with Crippen LogP contribution in [0.1, 0.15) is 12.8 Å². The third-order valence-electron chi connectivity index (χ3n) is 4.23. The molecule has 0 saturated heterocycles. The highest BCUT2D eigenvalue weighted by atomic mass is 16.5. The summed E-state index contributed by atoms with van der Waals surface area (Å²) in [4.78, 5) is 21.8. The van der Waals surface area contributed by atoms with Crippen molar-refractivity contribution in [3.8, 4) is 0 Å². The van der Waals surface area contributed by atoms with E-state index in [1.165, 1.54) is 19.3 Å². The lowest BCUT2D eigenvalue weighted by Gasteiger charge is -2.33. The number of aliphatic hydroxyl groups excluding tert-OH is 1. The Labute approximate surface area is 118 Å². The van der Waals surface area contributed by atoms with Crippen LogP contribution in [0.5, 0.6) is 0 Å². The predicted octanol–water partition coefficient (Wildman–Crippen LogP) is 1.66. The Morgan fingerprint density at radius 3 is 2.80 bits per heavy atom. The minimum Gasteiger partial charge on any atom is -0.466 e. The molecule has 2 aliphatic carbocycles. The van der Waals surface area contributed by atoms with Crippen LogP contribution in [-0.4, -0.2) is 30.6 Å². The molecule has 0 radical (unpaired) electrons. The van der Waals surface area contributed by atoms with Crippen LogP contribution in [-0.2, 0) is 14.3 Å². The average Bonchev–Trinajstić information content (AvgIpc) is 2.83. The number of hydrogen-bond acceptors (Lipinski definition) is 4. The second-order valence-corrected chi connectivity index (χ2v) is 5.40. The Morgan fingerprint density at radius 2 is 2.10 bits per heavy atom. The van der Waals surface area contributed by atoms with Crippen molar-refractivity contribution in [1.82, 2.24) is 0 Å². The van der Waals surface area contributed by atoms with Gasteiger partial charge in [-0.15, -0.1) is 0 Å². The van der Waals surface area contributed by atoms with E-state index in [1.807, 2.05) is 12.2 Å². The molecule has 0 heterocycles. The zero-order valence-electron chi connectivity index (χ0n) is 11.5. The van der Waals surface area contributed by atoms with Crippen molar-refractivity contribution in [2.45, 2.75) is 18.9 Å². The number of aliphatic hydroxyl groups is 1. The van der Waals surface area contributed by atoms with Crippen LogP contribution in [0.2, 0.25) is 0 Å². The summed E-state index contributed by atoms with van der Waals surface area (Å²) < 4.78 is 4.60. The topological polar surface area (TPSA) is 63.6 Å². The van der Waals surface area contributed by atoms with E-state index in [0.717, 1.165) is 19.1 Å². The molecule has 20 heavy (non-hydrogen) atoms. The molecule has 2 aliphatic rings. The third kappa shape index (κ3) is 3.25. The smallest absolute Gasteiger partial charge is 0.330 e. The highest BCUT2D eigenvalue weighted by Gasteiger charge is 2.40. The lowest BCUT2D eigenvalue weighted by Crippen LogP contribution is -2.26. The molecule has 0 unspecified atom stereocenters. The fourth-order valence-corrected chi connectivity index (χ4v) is 3.32. The lowest BCUT2D eigenvalue weighted by atomic mass is 9.71. The van der Waals surface area contributed by atoms with E-state index in [1.54, 1.807) is 0 Å². The molecular formula is C16H20O4. The number of allylic oxidation sites excluding steroid dienone is 5. The van der Waals surface area contributed by atoms with E-state index in [4.69, 9.17) is 0 Å². The lowest BCUT2D eigenvalue weighted by molar-refractivity contribution is -0.134. The van der Waals surface area contributed by atoms with Crippen molar-refractivity contribution >= 4 is 12.3 Å². The summed E-state index contributed by atoms with van der Waals surface area (Å²) in [5, 5.41) is 9.83. The minimum absolute atomic E-state index is 0.0526. The molecule has 0 bridgehead atoms. The largest absolute Gasteiger partial charge is 0.466 e. The Hall–Kier alpha value is -1.68. The molecule has 1 fully saturated rings. The number of methoxy groups -OCH3 is 1. The molecule has 108 valence electrons. The second-order valence-electron chi connectivity index (χ2n) is 5.40. The van der Waals surface area contributed by atoms with E-state index in [2.05, 4.69) is 16.9 Å². The molecule has 0 aromatic heterocycles. The first-order valence-corrected chi connectivity index (χ1v) is 6.90. The summed E-state index contributed by atoms with van der Waals surface area (Å²) in [5.74, 6) is 0.475. The molecule has 0 aliphatic heterocycles. The summed E-state index contributed by atoms with van der Waals surface area (Å²) in [6.45, 7) is 0. The van der Waals surface area contributed by atoms with Gasteiger partial charge in [0.25, 0.3) is 0 Å². The summed E-state index contributed by atoms with van der Waals surface area (Å²) in [6, 6.07) is 0. The highest BCUT2D eigenvalue weighted by molar-refractivity contribution is 5.81.